The van der Waals surface area contributed by atoms with E-state index in [1.165, 1.54) is 28.3 Å². The fraction of sp³-hybridized carbons (Fsp3) is 0.273. The number of rotatable bonds is 8. The van der Waals surface area contributed by atoms with Crippen LogP contribution in [0.1, 0.15) is 45.7 Å². The van der Waals surface area contributed by atoms with E-state index >= 15 is 0 Å². The Morgan fingerprint density at radius 2 is 1.64 bits per heavy atom. The molecule has 0 aliphatic carbocycles. The summed E-state index contributed by atoms with van der Waals surface area (Å²) < 4.78 is 21.4. The number of esters is 1. The van der Waals surface area contributed by atoms with Gasteiger partial charge in [0, 0.05) is 16.7 Å². The molecule has 6 nitrogen and oxygen atoms in total. The van der Waals surface area contributed by atoms with E-state index in [1.54, 1.807) is 30.3 Å². The average Bonchev–Trinajstić information content (AvgIpc) is 2.71. The molecule has 0 N–H and O–H groups in total. The van der Waals surface area contributed by atoms with Crippen LogP contribution in [0, 0.1) is 0 Å². The zero-order valence-electron chi connectivity index (χ0n) is 16.7. The minimum Gasteiger partial charge on any atom is -0.496 e. The molecule has 0 aromatic heterocycles. The first kappa shape index (κ1) is 21.0. The molecule has 0 saturated heterocycles. The summed E-state index contributed by atoms with van der Waals surface area (Å²) in [6.07, 6.45) is 3.65. The van der Waals surface area contributed by atoms with Crippen LogP contribution in [0.3, 0.4) is 0 Å². The van der Waals surface area contributed by atoms with E-state index < -0.39 is 5.97 Å². The van der Waals surface area contributed by atoms with E-state index in [1.807, 2.05) is 19.1 Å². The maximum Gasteiger partial charge on any atom is 0.338 e. The molecule has 0 aliphatic rings. The van der Waals surface area contributed by atoms with Crippen molar-refractivity contribution in [1.82, 2.24) is 0 Å². The molecule has 2 aromatic carbocycles. The quantitative estimate of drug-likeness (QED) is 0.499. The molecule has 6 heteroatoms. The van der Waals surface area contributed by atoms with Crippen molar-refractivity contribution in [2.75, 3.05) is 21.3 Å². The Bertz CT molecular complexity index is 898. The SMILES string of the molecule is C/C=C/c1cc(C(=O)OCc2cc(C(C)=O)ccc2OC)cc(OC)c1OC. The highest BCUT2D eigenvalue weighted by atomic mass is 16.5. The van der Waals surface area contributed by atoms with Gasteiger partial charge in [-0.25, -0.2) is 4.79 Å². The first-order valence-corrected chi connectivity index (χ1v) is 8.68. The van der Waals surface area contributed by atoms with Gasteiger partial charge in [-0.05, 0) is 44.2 Å². The number of benzene rings is 2. The smallest absolute Gasteiger partial charge is 0.338 e. The largest absolute Gasteiger partial charge is 0.496 e. The minimum absolute atomic E-state index is 0.0313. The average molecular weight is 384 g/mol. The molecule has 0 bridgehead atoms. The van der Waals surface area contributed by atoms with Crippen molar-refractivity contribution in [2.24, 2.45) is 0 Å². The molecule has 28 heavy (non-hydrogen) atoms. The summed E-state index contributed by atoms with van der Waals surface area (Å²) in [7, 11) is 4.56. The highest BCUT2D eigenvalue weighted by Crippen LogP contribution is 2.34. The second-order valence-corrected chi connectivity index (χ2v) is 5.96. The van der Waals surface area contributed by atoms with Gasteiger partial charge in [-0.1, -0.05) is 12.2 Å². The third-order valence-electron chi connectivity index (χ3n) is 4.14. The summed E-state index contributed by atoms with van der Waals surface area (Å²) in [6, 6.07) is 8.25. The van der Waals surface area contributed by atoms with E-state index in [0.29, 0.717) is 39.5 Å². The van der Waals surface area contributed by atoms with Crippen molar-refractivity contribution in [3.63, 3.8) is 0 Å². The summed E-state index contributed by atoms with van der Waals surface area (Å²) in [6.45, 7) is 3.31. The fourth-order valence-electron chi connectivity index (χ4n) is 2.75. The summed E-state index contributed by atoms with van der Waals surface area (Å²) >= 11 is 0. The molecule has 2 aromatic rings. The Morgan fingerprint density at radius 3 is 2.21 bits per heavy atom. The second-order valence-electron chi connectivity index (χ2n) is 5.96. The number of carbonyl (C=O) groups excluding carboxylic acids is 2. The predicted octanol–water partition coefficient (Wildman–Crippen LogP) is 4.31. The van der Waals surface area contributed by atoms with Crippen LogP contribution in [-0.2, 0) is 11.3 Å². The number of allylic oxidation sites excluding steroid dienone is 1. The highest BCUT2D eigenvalue weighted by molar-refractivity contribution is 5.94. The number of hydrogen-bond acceptors (Lipinski definition) is 6. The topological polar surface area (TPSA) is 71.1 Å². The monoisotopic (exact) mass is 384 g/mol. The molecule has 0 spiro atoms. The molecule has 0 radical (unpaired) electrons. The molecule has 0 atom stereocenters. The molecular formula is C22H24O6. The summed E-state index contributed by atoms with van der Waals surface area (Å²) in [5, 5.41) is 0. The zero-order chi connectivity index (χ0) is 20.7. The van der Waals surface area contributed by atoms with Gasteiger partial charge >= 0.3 is 5.97 Å². The molecule has 0 heterocycles. The Morgan fingerprint density at radius 1 is 0.929 bits per heavy atom. The summed E-state index contributed by atoms with van der Waals surface area (Å²) in [4.78, 5) is 24.2. The number of ketones is 1. The maximum absolute atomic E-state index is 12.6. The van der Waals surface area contributed by atoms with Gasteiger partial charge in [0.15, 0.2) is 17.3 Å². The minimum atomic E-state index is -0.526. The number of methoxy groups -OCH3 is 3. The van der Waals surface area contributed by atoms with Gasteiger partial charge in [0.1, 0.15) is 12.4 Å². The van der Waals surface area contributed by atoms with E-state index in [9.17, 15) is 9.59 Å². The van der Waals surface area contributed by atoms with E-state index in [-0.39, 0.29) is 12.4 Å². The standard InChI is InChI=1S/C22H24O6/c1-6-7-16-11-17(12-20(26-4)21(16)27-5)22(24)28-13-18-10-15(14(2)23)8-9-19(18)25-3/h6-12H,13H2,1-5H3/b7-6+. The normalized spacial score (nSPS) is 10.6. The highest BCUT2D eigenvalue weighted by Gasteiger charge is 2.17. The lowest BCUT2D eigenvalue weighted by atomic mass is 10.1. The van der Waals surface area contributed by atoms with Gasteiger partial charge in [-0.15, -0.1) is 0 Å². The van der Waals surface area contributed by atoms with Crippen LogP contribution in [0.5, 0.6) is 17.2 Å². The third kappa shape index (κ3) is 4.71. The Labute approximate surface area is 164 Å². The number of Topliss-reactive ketones (excluding diaryl/α,β-unsaturated/α-hetero) is 1. The van der Waals surface area contributed by atoms with Crippen molar-refractivity contribution in [3.8, 4) is 17.2 Å². The number of hydrogen-bond donors (Lipinski definition) is 0. The van der Waals surface area contributed by atoms with Crippen molar-refractivity contribution in [3.05, 3.63) is 58.7 Å². The van der Waals surface area contributed by atoms with Gasteiger partial charge in [-0.3, -0.25) is 4.79 Å². The van der Waals surface area contributed by atoms with Gasteiger partial charge in [0.05, 0.1) is 26.9 Å². The van der Waals surface area contributed by atoms with Crippen LogP contribution in [0.15, 0.2) is 36.4 Å². The first-order valence-electron chi connectivity index (χ1n) is 8.68. The Kier molecular flexibility index (Phi) is 7.21. The molecule has 0 amide bonds. The molecule has 0 unspecified atom stereocenters. The van der Waals surface area contributed by atoms with Crippen LogP contribution in [-0.4, -0.2) is 33.1 Å². The van der Waals surface area contributed by atoms with Crippen LogP contribution in [0.25, 0.3) is 6.08 Å². The van der Waals surface area contributed by atoms with Crippen LogP contribution < -0.4 is 14.2 Å². The number of carbonyl (C=O) groups is 2. The fourth-order valence-corrected chi connectivity index (χ4v) is 2.75. The molecule has 0 aliphatic heterocycles. The lowest BCUT2D eigenvalue weighted by molar-refractivity contribution is 0.0469. The van der Waals surface area contributed by atoms with Gasteiger partial charge in [0.2, 0.25) is 0 Å². The van der Waals surface area contributed by atoms with Gasteiger partial charge in [0.25, 0.3) is 0 Å². The van der Waals surface area contributed by atoms with E-state index in [0.717, 1.165) is 0 Å². The Balaban J connectivity index is 2.30. The predicted molar refractivity (Wildman–Crippen MR) is 106 cm³/mol. The van der Waals surface area contributed by atoms with E-state index in [2.05, 4.69) is 0 Å². The van der Waals surface area contributed by atoms with Crippen molar-refractivity contribution >= 4 is 17.8 Å². The van der Waals surface area contributed by atoms with Gasteiger partial charge < -0.3 is 18.9 Å². The molecular weight excluding hydrogens is 360 g/mol. The second kappa shape index (κ2) is 9.60. The molecule has 2 rings (SSSR count). The van der Waals surface area contributed by atoms with Gasteiger partial charge in [-0.2, -0.15) is 0 Å². The van der Waals surface area contributed by atoms with Crippen LogP contribution in [0.4, 0.5) is 0 Å². The molecule has 0 fully saturated rings. The number of ether oxygens (including phenoxy) is 4. The molecule has 148 valence electrons. The maximum atomic E-state index is 12.6. The van der Waals surface area contributed by atoms with Crippen molar-refractivity contribution in [2.45, 2.75) is 20.5 Å². The van der Waals surface area contributed by atoms with E-state index in [4.69, 9.17) is 18.9 Å². The third-order valence-corrected chi connectivity index (χ3v) is 4.14. The molecule has 0 saturated carbocycles. The van der Waals surface area contributed by atoms with Crippen molar-refractivity contribution < 1.29 is 28.5 Å². The summed E-state index contributed by atoms with van der Waals surface area (Å²) in [5.74, 6) is 0.905. The van der Waals surface area contributed by atoms with Crippen LogP contribution in [0.2, 0.25) is 0 Å². The lowest BCUT2D eigenvalue weighted by Gasteiger charge is -2.14. The van der Waals surface area contributed by atoms with Crippen LogP contribution >= 0.6 is 0 Å². The zero-order valence-corrected chi connectivity index (χ0v) is 16.7. The van der Waals surface area contributed by atoms with Crippen molar-refractivity contribution in [1.29, 1.82) is 0 Å². The Hall–Kier alpha value is -3.28. The lowest BCUT2D eigenvalue weighted by Crippen LogP contribution is -2.08. The first-order chi connectivity index (χ1) is 13.4. The summed E-state index contributed by atoms with van der Waals surface area (Å²) in [5.41, 5.74) is 2.16.